The second kappa shape index (κ2) is 9.61. The first-order chi connectivity index (χ1) is 15.8. The molecule has 11 heteroatoms. The number of sulfonamides is 1. The van der Waals surface area contributed by atoms with Crippen LogP contribution in [0.4, 0.5) is 11.4 Å². The molecule has 4 rings (SSSR count). The van der Waals surface area contributed by atoms with Gasteiger partial charge in [0.05, 0.1) is 11.1 Å². The number of hydrogen-bond acceptors (Lipinski definition) is 7. The third-order valence-corrected chi connectivity index (χ3v) is 6.51. The quantitative estimate of drug-likeness (QED) is 0.449. The molecule has 0 aliphatic carbocycles. The molecule has 0 unspecified atom stereocenters. The Balaban J connectivity index is 1.36. The van der Waals surface area contributed by atoms with Crippen LogP contribution >= 0.6 is 11.3 Å². The Labute approximate surface area is 194 Å². The molecule has 0 bridgehead atoms. The van der Waals surface area contributed by atoms with Crippen LogP contribution in [0.1, 0.15) is 24.9 Å². The molecule has 3 aromatic rings. The average Bonchev–Trinajstić information content (AvgIpc) is 3.42. The molecule has 0 saturated heterocycles. The third-order valence-electron chi connectivity index (χ3n) is 4.63. The lowest BCUT2D eigenvalue weighted by molar-refractivity contribution is 0.102. The van der Waals surface area contributed by atoms with Gasteiger partial charge in [0.15, 0.2) is 11.5 Å². The molecule has 3 N–H and O–H groups in total. The lowest BCUT2D eigenvalue weighted by atomic mass is 10.2. The summed E-state index contributed by atoms with van der Waals surface area (Å²) in [4.78, 5) is 26.6. The molecular weight excluding hydrogens is 466 g/mol. The second-order valence-electron chi connectivity index (χ2n) is 7.24. The minimum absolute atomic E-state index is 0.130. The van der Waals surface area contributed by atoms with Crippen LogP contribution in [0.15, 0.2) is 54.6 Å². The lowest BCUT2D eigenvalue weighted by Gasteiger charge is -2.09. The number of thiophene rings is 1. The van der Waals surface area contributed by atoms with Gasteiger partial charge in [-0.2, -0.15) is 0 Å². The largest absolute Gasteiger partial charge is 0.454 e. The van der Waals surface area contributed by atoms with Crippen molar-refractivity contribution in [3.05, 3.63) is 69.9 Å². The minimum Gasteiger partial charge on any atom is -0.454 e. The van der Waals surface area contributed by atoms with Crippen molar-refractivity contribution in [2.24, 2.45) is 0 Å². The maximum Gasteiger partial charge on any atom is 0.265 e. The van der Waals surface area contributed by atoms with Gasteiger partial charge in [0.1, 0.15) is 0 Å². The van der Waals surface area contributed by atoms with Crippen molar-refractivity contribution in [1.82, 2.24) is 4.72 Å². The van der Waals surface area contributed by atoms with Crippen molar-refractivity contribution in [3.8, 4) is 11.5 Å². The molecule has 2 heterocycles. The Hall–Kier alpha value is -3.41. The van der Waals surface area contributed by atoms with Gasteiger partial charge in [-0.3, -0.25) is 9.59 Å². The smallest absolute Gasteiger partial charge is 0.265 e. The molecule has 9 nitrogen and oxygen atoms in total. The zero-order chi connectivity index (χ0) is 23.4. The third kappa shape index (κ3) is 6.09. The topological polar surface area (TPSA) is 123 Å². The number of fused-ring (bicyclic) bond motifs is 1. The van der Waals surface area contributed by atoms with E-state index in [0.717, 1.165) is 11.1 Å². The SMILES string of the molecule is CS(=O)(=O)NCCc1ccc(C(=O)Nc2cccc(NC(=O)c3ccc4c(c3)OCO4)c2)s1. The number of carbonyl (C=O) groups excluding carboxylic acids is 2. The monoisotopic (exact) mass is 487 g/mol. The molecule has 0 radical (unpaired) electrons. The zero-order valence-electron chi connectivity index (χ0n) is 17.6. The highest BCUT2D eigenvalue weighted by atomic mass is 32.2. The molecule has 1 aromatic heterocycles. The maximum absolute atomic E-state index is 12.6. The van der Waals surface area contributed by atoms with E-state index in [1.54, 1.807) is 54.6 Å². The standard InChI is InChI=1S/C22H21N3O6S2/c1-33(28,29)23-10-9-17-6-8-20(32-17)22(27)25-16-4-2-3-15(12-16)24-21(26)14-5-7-18-19(11-14)31-13-30-18/h2-8,11-12,23H,9-10,13H2,1H3,(H,24,26)(H,25,27). The molecule has 2 amide bonds. The summed E-state index contributed by atoms with van der Waals surface area (Å²) in [5.41, 5.74) is 1.47. The number of ether oxygens (including phenoxy) is 2. The highest BCUT2D eigenvalue weighted by molar-refractivity contribution is 7.88. The summed E-state index contributed by atoms with van der Waals surface area (Å²) in [6, 6.07) is 15.3. The van der Waals surface area contributed by atoms with Crippen LogP contribution in [0.3, 0.4) is 0 Å². The Morgan fingerprint density at radius 1 is 0.939 bits per heavy atom. The van der Waals surface area contributed by atoms with Gasteiger partial charge in [0.25, 0.3) is 11.8 Å². The summed E-state index contributed by atoms with van der Waals surface area (Å²) in [6.45, 7) is 0.400. The second-order valence-corrected chi connectivity index (χ2v) is 10.2. The van der Waals surface area contributed by atoms with Crippen LogP contribution < -0.4 is 24.8 Å². The van der Waals surface area contributed by atoms with Gasteiger partial charge < -0.3 is 20.1 Å². The molecule has 1 aliphatic heterocycles. The molecular formula is C22H21N3O6S2. The van der Waals surface area contributed by atoms with Crippen LogP contribution in [-0.4, -0.2) is 39.8 Å². The van der Waals surface area contributed by atoms with Crippen LogP contribution in [0.2, 0.25) is 0 Å². The van der Waals surface area contributed by atoms with E-state index in [2.05, 4.69) is 15.4 Å². The van der Waals surface area contributed by atoms with E-state index in [0.29, 0.717) is 39.7 Å². The summed E-state index contributed by atoms with van der Waals surface area (Å²) < 4.78 is 35.3. The van der Waals surface area contributed by atoms with Crippen LogP contribution in [-0.2, 0) is 16.4 Å². The summed E-state index contributed by atoms with van der Waals surface area (Å²) in [7, 11) is -3.24. The Kier molecular flexibility index (Phi) is 6.63. The summed E-state index contributed by atoms with van der Waals surface area (Å²) in [5.74, 6) is 0.509. The van der Waals surface area contributed by atoms with Crippen LogP contribution in [0.5, 0.6) is 11.5 Å². The van der Waals surface area contributed by atoms with E-state index in [-0.39, 0.29) is 25.2 Å². The average molecular weight is 488 g/mol. The zero-order valence-corrected chi connectivity index (χ0v) is 19.2. The number of hydrogen-bond donors (Lipinski definition) is 3. The first-order valence-corrected chi connectivity index (χ1v) is 12.6. The number of benzene rings is 2. The predicted octanol–water partition coefficient (Wildman–Crippen LogP) is 3.07. The molecule has 0 spiro atoms. The fourth-order valence-corrected chi connectivity index (χ4v) is 4.48. The number of rotatable bonds is 8. The molecule has 1 aliphatic rings. The van der Waals surface area contributed by atoms with Crippen molar-refractivity contribution in [1.29, 1.82) is 0 Å². The Morgan fingerprint density at radius 3 is 2.42 bits per heavy atom. The van der Waals surface area contributed by atoms with Crippen molar-refractivity contribution >= 4 is 44.5 Å². The van der Waals surface area contributed by atoms with Gasteiger partial charge >= 0.3 is 0 Å². The highest BCUT2D eigenvalue weighted by Crippen LogP contribution is 2.32. The van der Waals surface area contributed by atoms with Gasteiger partial charge in [0, 0.05) is 28.4 Å². The van der Waals surface area contributed by atoms with Gasteiger partial charge in [-0.1, -0.05) is 6.07 Å². The fourth-order valence-electron chi connectivity index (χ4n) is 3.10. The summed E-state index contributed by atoms with van der Waals surface area (Å²) in [5, 5.41) is 5.61. The molecule has 0 atom stereocenters. The van der Waals surface area contributed by atoms with Gasteiger partial charge in [-0.25, -0.2) is 13.1 Å². The molecule has 0 saturated carbocycles. The predicted molar refractivity (Wildman–Crippen MR) is 126 cm³/mol. The van der Waals surface area contributed by atoms with Crippen LogP contribution in [0.25, 0.3) is 0 Å². The van der Waals surface area contributed by atoms with E-state index in [1.165, 1.54) is 11.3 Å². The van der Waals surface area contributed by atoms with Gasteiger partial charge in [-0.05, 0) is 55.0 Å². The normalized spacial score (nSPS) is 12.4. The maximum atomic E-state index is 12.6. The van der Waals surface area contributed by atoms with Crippen molar-refractivity contribution in [3.63, 3.8) is 0 Å². The van der Waals surface area contributed by atoms with E-state index in [9.17, 15) is 18.0 Å². The lowest BCUT2D eigenvalue weighted by Crippen LogP contribution is -2.24. The van der Waals surface area contributed by atoms with Crippen LogP contribution in [0, 0.1) is 0 Å². The molecule has 0 fully saturated rings. The van der Waals surface area contributed by atoms with E-state index >= 15 is 0 Å². The Bertz CT molecular complexity index is 1300. The van der Waals surface area contributed by atoms with E-state index in [1.807, 2.05) is 0 Å². The van der Waals surface area contributed by atoms with Crippen molar-refractivity contribution in [2.75, 3.05) is 30.2 Å². The fraction of sp³-hybridized carbons (Fsp3) is 0.182. The summed E-state index contributed by atoms with van der Waals surface area (Å²) >= 11 is 1.29. The minimum atomic E-state index is -3.24. The number of carbonyl (C=O) groups is 2. The first kappa shape index (κ1) is 22.8. The number of nitrogens with one attached hydrogen (secondary N) is 3. The van der Waals surface area contributed by atoms with Gasteiger partial charge in [-0.15, -0.1) is 11.3 Å². The Morgan fingerprint density at radius 2 is 1.67 bits per heavy atom. The number of anilines is 2. The van der Waals surface area contributed by atoms with E-state index in [4.69, 9.17) is 9.47 Å². The molecule has 33 heavy (non-hydrogen) atoms. The van der Waals surface area contributed by atoms with Gasteiger partial charge in [0.2, 0.25) is 16.8 Å². The first-order valence-electron chi connectivity index (χ1n) is 9.92. The highest BCUT2D eigenvalue weighted by Gasteiger charge is 2.17. The molecule has 172 valence electrons. The molecule has 2 aromatic carbocycles. The number of amides is 2. The van der Waals surface area contributed by atoms with Crippen molar-refractivity contribution in [2.45, 2.75) is 6.42 Å². The van der Waals surface area contributed by atoms with Crippen molar-refractivity contribution < 1.29 is 27.5 Å². The summed E-state index contributed by atoms with van der Waals surface area (Å²) in [6.07, 6.45) is 1.60. The van der Waals surface area contributed by atoms with E-state index < -0.39 is 10.0 Å².